The molecule has 0 aliphatic heterocycles. The minimum Gasteiger partial charge on any atom is -0.481 e. The summed E-state index contributed by atoms with van der Waals surface area (Å²) < 4.78 is 10.6. The van der Waals surface area contributed by atoms with E-state index in [4.69, 9.17) is 15.9 Å². The molecule has 1 rings (SSSR count). The third-order valence-corrected chi connectivity index (χ3v) is 2.92. The zero-order valence-electron chi connectivity index (χ0n) is 12.5. The van der Waals surface area contributed by atoms with E-state index in [9.17, 15) is 4.79 Å². The fourth-order valence-electron chi connectivity index (χ4n) is 1.58. The van der Waals surface area contributed by atoms with Crippen molar-refractivity contribution in [3.63, 3.8) is 0 Å². The van der Waals surface area contributed by atoms with Crippen molar-refractivity contribution >= 4 is 6.09 Å². The molecule has 0 bridgehead atoms. The SMILES string of the molecule is C#CCOc1ccccc1COC(=O)NCC/C(C)=C/C. The summed E-state index contributed by atoms with van der Waals surface area (Å²) in [6, 6.07) is 7.33. The van der Waals surface area contributed by atoms with Gasteiger partial charge in [-0.3, -0.25) is 0 Å². The first-order valence-corrected chi connectivity index (χ1v) is 6.84. The topological polar surface area (TPSA) is 47.6 Å². The van der Waals surface area contributed by atoms with E-state index in [1.54, 1.807) is 6.07 Å². The van der Waals surface area contributed by atoms with Crippen LogP contribution in [0, 0.1) is 12.3 Å². The molecule has 4 heteroatoms. The van der Waals surface area contributed by atoms with Gasteiger partial charge in [0.15, 0.2) is 0 Å². The van der Waals surface area contributed by atoms with E-state index in [1.807, 2.05) is 38.1 Å². The standard InChI is InChI=1S/C17H21NO3/c1-4-12-20-16-9-7-6-8-15(16)13-21-17(19)18-11-10-14(3)5-2/h1,5-9H,10-13H2,2-3H3,(H,18,19)/b14-5+. The Labute approximate surface area is 126 Å². The normalized spacial score (nSPS) is 10.6. The summed E-state index contributed by atoms with van der Waals surface area (Å²) in [5.41, 5.74) is 2.01. The van der Waals surface area contributed by atoms with Crippen molar-refractivity contribution in [2.45, 2.75) is 26.9 Å². The van der Waals surface area contributed by atoms with Crippen molar-refractivity contribution < 1.29 is 14.3 Å². The van der Waals surface area contributed by atoms with Crippen LogP contribution in [0.15, 0.2) is 35.9 Å². The lowest BCUT2D eigenvalue weighted by atomic mass is 10.2. The summed E-state index contributed by atoms with van der Waals surface area (Å²) in [4.78, 5) is 11.6. The lowest BCUT2D eigenvalue weighted by Gasteiger charge is -2.11. The van der Waals surface area contributed by atoms with E-state index in [1.165, 1.54) is 5.57 Å². The van der Waals surface area contributed by atoms with Gasteiger partial charge in [-0.2, -0.15) is 0 Å². The van der Waals surface area contributed by atoms with Crippen LogP contribution in [0.3, 0.4) is 0 Å². The van der Waals surface area contributed by atoms with Crippen molar-refractivity contribution in [1.29, 1.82) is 0 Å². The van der Waals surface area contributed by atoms with Gasteiger partial charge >= 0.3 is 6.09 Å². The Kier molecular flexibility index (Phi) is 7.52. The molecule has 4 nitrogen and oxygen atoms in total. The van der Waals surface area contributed by atoms with Crippen molar-refractivity contribution in [2.75, 3.05) is 13.2 Å². The van der Waals surface area contributed by atoms with E-state index in [0.717, 1.165) is 12.0 Å². The van der Waals surface area contributed by atoms with Crippen molar-refractivity contribution in [2.24, 2.45) is 0 Å². The number of benzene rings is 1. The Bertz CT molecular complexity index is 529. The van der Waals surface area contributed by atoms with Crippen LogP contribution in [0.1, 0.15) is 25.8 Å². The molecule has 0 aromatic heterocycles. The molecule has 0 heterocycles. The summed E-state index contributed by atoms with van der Waals surface area (Å²) in [5, 5.41) is 2.71. The van der Waals surface area contributed by atoms with Crippen molar-refractivity contribution in [3.05, 3.63) is 41.5 Å². The number of para-hydroxylation sites is 1. The molecular formula is C17H21NO3. The molecule has 0 aliphatic rings. The number of carbonyl (C=O) groups excluding carboxylic acids is 1. The number of hydrogen-bond donors (Lipinski definition) is 1. The predicted octanol–water partition coefficient (Wildman–Crippen LogP) is 3.28. The van der Waals surface area contributed by atoms with Crippen LogP contribution in [0.25, 0.3) is 0 Å². The second-order valence-corrected chi connectivity index (χ2v) is 4.49. The molecule has 1 N–H and O–H groups in total. The van der Waals surface area contributed by atoms with Gasteiger partial charge in [-0.1, -0.05) is 35.8 Å². The molecule has 21 heavy (non-hydrogen) atoms. The van der Waals surface area contributed by atoms with E-state index >= 15 is 0 Å². The number of alkyl carbamates (subject to hydrolysis) is 1. The summed E-state index contributed by atoms with van der Waals surface area (Å²) in [7, 11) is 0. The highest BCUT2D eigenvalue weighted by Gasteiger charge is 2.06. The molecule has 0 saturated heterocycles. The lowest BCUT2D eigenvalue weighted by Crippen LogP contribution is -2.25. The van der Waals surface area contributed by atoms with E-state index < -0.39 is 6.09 Å². The van der Waals surface area contributed by atoms with E-state index in [0.29, 0.717) is 12.3 Å². The van der Waals surface area contributed by atoms with Crippen molar-refractivity contribution in [1.82, 2.24) is 5.32 Å². The minimum absolute atomic E-state index is 0.148. The van der Waals surface area contributed by atoms with Crippen LogP contribution < -0.4 is 10.1 Å². The number of hydrogen-bond acceptors (Lipinski definition) is 3. The molecule has 0 radical (unpaired) electrons. The van der Waals surface area contributed by atoms with Gasteiger partial charge in [0.2, 0.25) is 0 Å². The molecule has 0 saturated carbocycles. The average molecular weight is 287 g/mol. The maximum Gasteiger partial charge on any atom is 0.407 e. The Morgan fingerprint density at radius 3 is 2.90 bits per heavy atom. The number of ether oxygens (including phenoxy) is 2. The number of rotatable bonds is 7. The molecule has 0 atom stereocenters. The maximum absolute atomic E-state index is 11.6. The van der Waals surface area contributed by atoms with Crippen LogP contribution in [0.4, 0.5) is 4.79 Å². The Hall–Kier alpha value is -2.41. The molecule has 0 spiro atoms. The molecule has 1 aromatic carbocycles. The Morgan fingerprint density at radius 1 is 1.43 bits per heavy atom. The summed E-state index contributed by atoms with van der Waals surface area (Å²) >= 11 is 0. The fraction of sp³-hybridized carbons (Fsp3) is 0.353. The highest BCUT2D eigenvalue weighted by Crippen LogP contribution is 2.18. The van der Waals surface area contributed by atoms with Gasteiger partial charge in [0.05, 0.1) is 0 Å². The third kappa shape index (κ3) is 6.53. The molecule has 0 aliphatic carbocycles. The van der Waals surface area contributed by atoms with Gasteiger partial charge in [-0.25, -0.2) is 4.79 Å². The predicted molar refractivity (Wildman–Crippen MR) is 83.0 cm³/mol. The van der Waals surface area contributed by atoms with Crippen LogP contribution in [0.5, 0.6) is 5.75 Å². The highest BCUT2D eigenvalue weighted by molar-refractivity contribution is 5.67. The number of amides is 1. The number of carbonyl (C=O) groups is 1. The van der Waals surface area contributed by atoms with Crippen LogP contribution in [0.2, 0.25) is 0 Å². The Morgan fingerprint density at radius 2 is 2.19 bits per heavy atom. The van der Waals surface area contributed by atoms with E-state index in [2.05, 4.69) is 11.2 Å². The third-order valence-electron chi connectivity index (χ3n) is 2.92. The number of allylic oxidation sites excluding steroid dienone is 1. The van der Waals surface area contributed by atoms with E-state index in [-0.39, 0.29) is 13.2 Å². The van der Waals surface area contributed by atoms with Gasteiger partial charge in [0.25, 0.3) is 0 Å². The maximum atomic E-state index is 11.6. The summed E-state index contributed by atoms with van der Waals surface area (Å²) in [6.07, 6.45) is 7.56. The first-order chi connectivity index (χ1) is 10.2. The molecule has 1 amide bonds. The Balaban J connectivity index is 2.41. The van der Waals surface area contributed by atoms with Gasteiger partial charge < -0.3 is 14.8 Å². The molecule has 112 valence electrons. The first kappa shape index (κ1) is 16.6. The summed E-state index contributed by atoms with van der Waals surface area (Å²) in [6.45, 7) is 4.89. The molecule has 0 fully saturated rings. The van der Waals surface area contributed by atoms with Gasteiger partial charge in [0, 0.05) is 12.1 Å². The average Bonchev–Trinajstić information content (AvgIpc) is 2.51. The number of nitrogens with one attached hydrogen (secondary N) is 1. The first-order valence-electron chi connectivity index (χ1n) is 6.84. The largest absolute Gasteiger partial charge is 0.481 e. The molecular weight excluding hydrogens is 266 g/mol. The molecule has 0 unspecified atom stereocenters. The second-order valence-electron chi connectivity index (χ2n) is 4.49. The zero-order chi connectivity index (χ0) is 15.5. The number of terminal acetylenes is 1. The molecule has 1 aromatic rings. The highest BCUT2D eigenvalue weighted by atomic mass is 16.5. The monoisotopic (exact) mass is 287 g/mol. The zero-order valence-corrected chi connectivity index (χ0v) is 12.5. The lowest BCUT2D eigenvalue weighted by molar-refractivity contribution is 0.138. The quantitative estimate of drug-likeness (QED) is 0.618. The van der Waals surface area contributed by atoms with Gasteiger partial charge in [-0.05, 0) is 26.3 Å². The summed E-state index contributed by atoms with van der Waals surface area (Å²) in [5.74, 6) is 3.04. The van der Waals surface area contributed by atoms with Gasteiger partial charge in [-0.15, -0.1) is 6.42 Å². The van der Waals surface area contributed by atoms with Gasteiger partial charge in [0.1, 0.15) is 19.0 Å². The van der Waals surface area contributed by atoms with Crippen molar-refractivity contribution in [3.8, 4) is 18.1 Å². The second kappa shape index (κ2) is 9.49. The van der Waals surface area contributed by atoms with Crippen LogP contribution >= 0.6 is 0 Å². The fourth-order valence-corrected chi connectivity index (χ4v) is 1.58. The van der Waals surface area contributed by atoms with Crippen LogP contribution in [-0.4, -0.2) is 19.2 Å². The smallest absolute Gasteiger partial charge is 0.407 e. The minimum atomic E-state index is -0.439. The van der Waals surface area contributed by atoms with Crippen LogP contribution in [-0.2, 0) is 11.3 Å².